The zero-order valence-electron chi connectivity index (χ0n) is 9.63. The van der Waals surface area contributed by atoms with Crippen molar-refractivity contribution in [3.8, 4) is 0 Å². The van der Waals surface area contributed by atoms with Gasteiger partial charge in [0.25, 0.3) is 0 Å². The van der Waals surface area contributed by atoms with Gasteiger partial charge in [-0.05, 0) is 43.2 Å². The van der Waals surface area contributed by atoms with Gasteiger partial charge >= 0.3 is 0 Å². The van der Waals surface area contributed by atoms with Gasteiger partial charge in [-0.1, -0.05) is 17.7 Å². The van der Waals surface area contributed by atoms with Crippen molar-refractivity contribution >= 4 is 22.9 Å². The fraction of sp³-hybridized carbons (Fsp3) is 0.231. The highest BCUT2D eigenvalue weighted by molar-refractivity contribution is 7.12. The van der Waals surface area contributed by atoms with E-state index in [4.69, 9.17) is 17.3 Å². The van der Waals surface area contributed by atoms with Crippen molar-refractivity contribution in [2.75, 3.05) is 0 Å². The molecule has 1 aromatic carbocycles. The summed E-state index contributed by atoms with van der Waals surface area (Å²) in [4.78, 5) is 2.33. The van der Waals surface area contributed by atoms with E-state index in [0.717, 1.165) is 10.4 Å². The largest absolute Gasteiger partial charge is 0.320 e. The molecule has 0 aliphatic rings. The Morgan fingerprint density at radius 1 is 1.29 bits per heavy atom. The standard InChI is InChI=1S/C13H13ClFNS/c1-7-5-8(2)17-13(7)12(16)9-3-4-11(15)10(14)6-9/h3-6,12H,16H2,1-2H3. The van der Waals surface area contributed by atoms with Gasteiger partial charge in [0, 0.05) is 9.75 Å². The van der Waals surface area contributed by atoms with Gasteiger partial charge in [-0.15, -0.1) is 11.3 Å². The summed E-state index contributed by atoms with van der Waals surface area (Å²) in [5, 5.41) is 0.115. The van der Waals surface area contributed by atoms with E-state index in [2.05, 4.69) is 6.07 Å². The fourth-order valence-corrected chi connectivity index (χ4v) is 3.08. The molecule has 2 N–H and O–H groups in total. The SMILES string of the molecule is Cc1cc(C)c(C(N)c2ccc(F)c(Cl)c2)s1. The van der Waals surface area contributed by atoms with Crippen LogP contribution >= 0.6 is 22.9 Å². The fourth-order valence-electron chi connectivity index (χ4n) is 1.83. The molecule has 0 fully saturated rings. The molecule has 0 saturated heterocycles. The second-order valence-corrected chi connectivity index (χ2v) is 5.75. The smallest absolute Gasteiger partial charge is 0.141 e. The summed E-state index contributed by atoms with van der Waals surface area (Å²) in [5.41, 5.74) is 8.18. The zero-order chi connectivity index (χ0) is 12.6. The first-order valence-corrected chi connectivity index (χ1v) is 6.46. The average molecular weight is 270 g/mol. The quantitative estimate of drug-likeness (QED) is 0.869. The topological polar surface area (TPSA) is 26.0 Å². The van der Waals surface area contributed by atoms with Crippen molar-refractivity contribution in [1.82, 2.24) is 0 Å². The Morgan fingerprint density at radius 3 is 2.53 bits per heavy atom. The van der Waals surface area contributed by atoms with Crippen LogP contribution < -0.4 is 5.73 Å². The number of aryl methyl sites for hydroxylation is 2. The van der Waals surface area contributed by atoms with Crippen molar-refractivity contribution in [2.24, 2.45) is 5.73 Å². The maximum atomic E-state index is 13.1. The van der Waals surface area contributed by atoms with E-state index in [1.165, 1.54) is 16.5 Å². The molecule has 1 nitrogen and oxygen atoms in total. The Kier molecular flexibility index (Phi) is 3.52. The highest BCUT2D eigenvalue weighted by Crippen LogP contribution is 2.31. The van der Waals surface area contributed by atoms with Gasteiger partial charge in [-0.3, -0.25) is 0 Å². The highest BCUT2D eigenvalue weighted by Gasteiger charge is 2.15. The Hall–Kier alpha value is -0.900. The number of thiophene rings is 1. The predicted molar refractivity (Wildman–Crippen MR) is 71.2 cm³/mol. The zero-order valence-corrected chi connectivity index (χ0v) is 11.2. The lowest BCUT2D eigenvalue weighted by Crippen LogP contribution is -2.11. The van der Waals surface area contributed by atoms with Crippen LogP contribution in [0.2, 0.25) is 5.02 Å². The van der Waals surface area contributed by atoms with Crippen LogP contribution in [0.1, 0.15) is 26.9 Å². The van der Waals surface area contributed by atoms with E-state index in [0.29, 0.717) is 0 Å². The highest BCUT2D eigenvalue weighted by atomic mass is 35.5. The second-order valence-electron chi connectivity index (χ2n) is 4.06. The third-order valence-corrected chi connectivity index (χ3v) is 4.19. The Balaban J connectivity index is 2.40. The lowest BCUT2D eigenvalue weighted by atomic mass is 10.0. The van der Waals surface area contributed by atoms with Gasteiger partial charge in [-0.25, -0.2) is 4.39 Å². The normalized spacial score (nSPS) is 12.8. The first-order chi connectivity index (χ1) is 7.99. The Labute approximate surface area is 109 Å². The number of benzene rings is 1. The predicted octanol–water partition coefficient (Wildman–Crippen LogP) is 4.21. The molecule has 0 saturated carbocycles. The molecule has 90 valence electrons. The molecule has 0 aliphatic carbocycles. The maximum Gasteiger partial charge on any atom is 0.141 e. The molecule has 0 amide bonds. The van der Waals surface area contributed by atoms with Crippen molar-refractivity contribution in [3.63, 3.8) is 0 Å². The van der Waals surface area contributed by atoms with Crippen LogP contribution in [0.25, 0.3) is 0 Å². The summed E-state index contributed by atoms with van der Waals surface area (Å²) in [6.07, 6.45) is 0. The molecule has 1 aromatic heterocycles. The van der Waals surface area contributed by atoms with Crippen LogP contribution in [0.3, 0.4) is 0 Å². The molecule has 4 heteroatoms. The lowest BCUT2D eigenvalue weighted by Gasteiger charge is -2.12. The van der Waals surface area contributed by atoms with Crippen molar-refractivity contribution < 1.29 is 4.39 Å². The number of halogens is 2. The minimum Gasteiger partial charge on any atom is -0.320 e. The van der Waals surface area contributed by atoms with Gasteiger partial charge in [-0.2, -0.15) is 0 Å². The lowest BCUT2D eigenvalue weighted by molar-refractivity contribution is 0.627. The van der Waals surface area contributed by atoms with E-state index in [1.807, 2.05) is 13.8 Å². The van der Waals surface area contributed by atoms with Crippen LogP contribution in [-0.4, -0.2) is 0 Å². The summed E-state index contributed by atoms with van der Waals surface area (Å²) in [7, 11) is 0. The van der Waals surface area contributed by atoms with Gasteiger partial charge in [0.05, 0.1) is 11.1 Å². The molecule has 0 spiro atoms. The number of hydrogen-bond acceptors (Lipinski definition) is 2. The van der Waals surface area contributed by atoms with Crippen LogP contribution in [0.15, 0.2) is 24.3 Å². The molecule has 1 atom stereocenters. The van der Waals surface area contributed by atoms with Crippen molar-refractivity contribution in [2.45, 2.75) is 19.9 Å². The molecule has 1 heterocycles. The Bertz CT molecular complexity index is 550. The minimum absolute atomic E-state index is 0.115. The second kappa shape index (κ2) is 4.77. The molecular formula is C13H13ClFNS. The van der Waals surface area contributed by atoms with Crippen molar-refractivity contribution in [1.29, 1.82) is 0 Å². The maximum absolute atomic E-state index is 13.1. The van der Waals surface area contributed by atoms with Gasteiger partial charge in [0.2, 0.25) is 0 Å². The monoisotopic (exact) mass is 269 g/mol. The Morgan fingerprint density at radius 2 is 2.00 bits per heavy atom. The molecule has 0 bridgehead atoms. The number of rotatable bonds is 2. The molecule has 17 heavy (non-hydrogen) atoms. The summed E-state index contributed by atoms with van der Waals surface area (Å²) in [5.74, 6) is -0.415. The van der Waals surface area contributed by atoms with Gasteiger partial charge < -0.3 is 5.73 Å². The average Bonchev–Trinajstić information content (AvgIpc) is 2.61. The summed E-state index contributed by atoms with van der Waals surface area (Å²) >= 11 is 7.43. The van der Waals surface area contributed by atoms with Crippen LogP contribution in [0, 0.1) is 19.7 Å². The van der Waals surface area contributed by atoms with E-state index in [1.54, 1.807) is 23.5 Å². The molecule has 0 radical (unpaired) electrons. The van der Waals surface area contributed by atoms with Gasteiger partial charge in [0.15, 0.2) is 0 Å². The van der Waals surface area contributed by atoms with Crippen LogP contribution in [0.4, 0.5) is 4.39 Å². The van der Waals surface area contributed by atoms with E-state index in [9.17, 15) is 4.39 Å². The third kappa shape index (κ3) is 2.51. The summed E-state index contributed by atoms with van der Waals surface area (Å²) in [6, 6.07) is 6.49. The summed E-state index contributed by atoms with van der Waals surface area (Å²) < 4.78 is 13.1. The molecule has 2 aromatic rings. The first-order valence-electron chi connectivity index (χ1n) is 5.26. The third-order valence-electron chi connectivity index (χ3n) is 2.66. The van der Waals surface area contributed by atoms with Crippen LogP contribution in [0.5, 0.6) is 0 Å². The molecular weight excluding hydrogens is 257 g/mol. The number of hydrogen-bond donors (Lipinski definition) is 1. The summed E-state index contributed by atoms with van der Waals surface area (Å²) in [6.45, 7) is 4.08. The van der Waals surface area contributed by atoms with E-state index in [-0.39, 0.29) is 11.1 Å². The molecule has 2 rings (SSSR count). The number of nitrogens with two attached hydrogens (primary N) is 1. The minimum atomic E-state index is -0.415. The first kappa shape index (κ1) is 12.6. The van der Waals surface area contributed by atoms with Crippen LogP contribution in [-0.2, 0) is 0 Å². The van der Waals surface area contributed by atoms with E-state index < -0.39 is 5.82 Å². The van der Waals surface area contributed by atoms with E-state index >= 15 is 0 Å². The molecule has 0 aliphatic heterocycles. The van der Waals surface area contributed by atoms with Gasteiger partial charge in [0.1, 0.15) is 5.82 Å². The van der Waals surface area contributed by atoms with Crippen molar-refractivity contribution in [3.05, 3.63) is 56.0 Å². The molecule has 1 unspecified atom stereocenters.